The van der Waals surface area contributed by atoms with Crippen LogP contribution in [0.2, 0.25) is 0 Å². The highest BCUT2D eigenvalue weighted by Crippen LogP contribution is 2.45. The molecule has 0 saturated heterocycles. The third-order valence-corrected chi connectivity index (χ3v) is 8.67. The third-order valence-electron chi connectivity index (χ3n) is 6.35. The zero-order valence-corrected chi connectivity index (χ0v) is 17.8. The molecule has 31 heavy (non-hydrogen) atoms. The van der Waals surface area contributed by atoms with Gasteiger partial charge in [0.25, 0.3) is 0 Å². The largest absolute Gasteiger partial charge is 0.299 e. The Balaban J connectivity index is 1.64. The molecule has 0 aliphatic rings. The predicted octanol–water partition coefficient (Wildman–Crippen LogP) is 7.77. The van der Waals surface area contributed by atoms with Crippen molar-refractivity contribution in [1.29, 1.82) is 0 Å². The van der Waals surface area contributed by atoms with E-state index in [4.69, 9.17) is 0 Å². The van der Waals surface area contributed by atoms with E-state index < -0.39 is 0 Å². The zero-order valence-electron chi connectivity index (χ0n) is 16.2. The molecule has 0 spiro atoms. The van der Waals surface area contributed by atoms with Gasteiger partial charge >= 0.3 is 0 Å². The molecule has 0 bridgehead atoms. The Kier molecular flexibility index (Phi) is 2.91. The number of pyridine rings is 2. The van der Waals surface area contributed by atoms with E-state index >= 15 is 0 Å². The smallest absolute Gasteiger partial charge is 0.145 e. The standard InChI is InChI=1S/C26H13N3S2/c1-2-4-21-14(3-1)15-5-6-22-24(25(15)31-21)18-11-20-17(12-23(18)30-22)19-13-27-8-7-16(19)26-28-9-10-29(20)26/h1-13H. The fraction of sp³-hybridized carbons (Fsp3) is 0. The Morgan fingerprint density at radius 2 is 1.65 bits per heavy atom. The van der Waals surface area contributed by atoms with Gasteiger partial charge in [0, 0.05) is 81.3 Å². The Morgan fingerprint density at radius 3 is 2.65 bits per heavy atom. The minimum Gasteiger partial charge on any atom is -0.299 e. The van der Waals surface area contributed by atoms with E-state index in [1.807, 2.05) is 41.3 Å². The number of benzene rings is 3. The van der Waals surface area contributed by atoms with Crippen molar-refractivity contribution >= 4 is 90.3 Å². The van der Waals surface area contributed by atoms with Gasteiger partial charge in [-0.15, -0.1) is 22.7 Å². The lowest BCUT2D eigenvalue weighted by atomic mass is 10.0. The molecule has 8 aromatic rings. The summed E-state index contributed by atoms with van der Waals surface area (Å²) in [5.74, 6) is 0. The molecule has 3 nitrogen and oxygen atoms in total. The van der Waals surface area contributed by atoms with Gasteiger partial charge in [0.15, 0.2) is 0 Å². The monoisotopic (exact) mass is 431 g/mol. The van der Waals surface area contributed by atoms with Crippen LogP contribution in [0.5, 0.6) is 0 Å². The number of thiophene rings is 2. The van der Waals surface area contributed by atoms with Gasteiger partial charge in [-0.3, -0.25) is 9.38 Å². The van der Waals surface area contributed by atoms with E-state index in [1.165, 1.54) is 51.2 Å². The zero-order chi connectivity index (χ0) is 20.1. The average molecular weight is 432 g/mol. The molecule has 0 atom stereocenters. The number of nitrogens with zero attached hydrogens (tertiary/aromatic N) is 3. The maximum absolute atomic E-state index is 4.65. The van der Waals surface area contributed by atoms with Crippen LogP contribution >= 0.6 is 22.7 Å². The minimum atomic E-state index is 0.982. The van der Waals surface area contributed by atoms with Gasteiger partial charge in [0.2, 0.25) is 0 Å². The summed E-state index contributed by atoms with van der Waals surface area (Å²) in [6, 6.07) is 20.1. The summed E-state index contributed by atoms with van der Waals surface area (Å²) in [5, 5.41) is 8.91. The maximum Gasteiger partial charge on any atom is 0.145 e. The van der Waals surface area contributed by atoms with Crippen molar-refractivity contribution in [2.24, 2.45) is 0 Å². The van der Waals surface area contributed by atoms with Gasteiger partial charge in [-0.1, -0.05) is 24.3 Å². The summed E-state index contributed by atoms with van der Waals surface area (Å²) in [6.45, 7) is 0. The molecule has 0 unspecified atom stereocenters. The summed E-state index contributed by atoms with van der Waals surface area (Å²) in [7, 11) is 0. The molecule has 0 radical (unpaired) electrons. The second-order valence-corrected chi connectivity index (χ2v) is 10.1. The molecular weight excluding hydrogens is 418 g/mol. The van der Waals surface area contributed by atoms with E-state index in [9.17, 15) is 0 Å². The molecule has 144 valence electrons. The van der Waals surface area contributed by atoms with Crippen LogP contribution in [0.3, 0.4) is 0 Å². The summed E-state index contributed by atoms with van der Waals surface area (Å²) < 4.78 is 7.60. The van der Waals surface area contributed by atoms with Crippen LogP contribution in [0, 0.1) is 0 Å². The lowest BCUT2D eigenvalue weighted by Gasteiger charge is -2.08. The molecule has 0 N–H and O–H groups in total. The van der Waals surface area contributed by atoms with Crippen LogP contribution in [0.25, 0.3) is 67.7 Å². The number of imidazole rings is 1. The Bertz CT molecular complexity index is 2010. The molecule has 3 aromatic carbocycles. The highest BCUT2D eigenvalue weighted by Gasteiger charge is 2.16. The van der Waals surface area contributed by atoms with Crippen LogP contribution in [-0.4, -0.2) is 14.4 Å². The first kappa shape index (κ1) is 16.2. The van der Waals surface area contributed by atoms with Crippen molar-refractivity contribution in [3.63, 3.8) is 0 Å². The number of fused-ring (bicyclic) bond motifs is 13. The lowest BCUT2D eigenvalue weighted by molar-refractivity contribution is 1.27. The van der Waals surface area contributed by atoms with E-state index in [0.717, 1.165) is 16.4 Å². The van der Waals surface area contributed by atoms with Gasteiger partial charge in [-0.05, 0) is 30.3 Å². The fourth-order valence-corrected chi connectivity index (χ4v) is 7.46. The first-order valence-electron chi connectivity index (χ1n) is 10.2. The predicted molar refractivity (Wildman–Crippen MR) is 134 cm³/mol. The van der Waals surface area contributed by atoms with Crippen molar-refractivity contribution in [3.8, 4) is 0 Å². The molecule has 5 heterocycles. The van der Waals surface area contributed by atoms with E-state index in [0.29, 0.717) is 0 Å². The highest BCUT2D eigenvalue weighted by atomic mass is 32.1. The van der Waals surface area contributed by atoms with Gasteiger partial charge < -0.3 is 0 Å². The first-order valence-corrected chi connectivity index (χ1v) is 11.8. The second kappa shape index (κ2) is 5.58. The highest BCUT2D eigenvalue weighted by molar-refractivity contribution is 7.29. The molecular formula is C26H13N3S2. The fourth-order valence-electron chi connectivity index (χ4n) is 4.99. The SMILES string of the molecule is c1ccc2c(c1)sc1c2ccc2sc3cc4c5cnccc5c5nccn5c4cc3c21. The van der Waals surface area contributed by atoms with Crippen molar-refractivity contribution in [2.45, 2.75) is 0 Å². The average Bonchev–Trinajstić information content (AvgIpc) is 3.52. The van der Waals surface area contributed by atoms with Crippen molar-refractivity contribution in [3.05, 3.63) is 79.4 Å². The molecule has 0 saturated carbocycles. The summed E-state index contributed by atoms with van der Waals surface area (Å²) in [6.07, 6.45) is 7.76. The van der Waals surface area contributed by atoms with Crippen LogP contribution in [0.1, 0.15) is 0 Å². The van der Waals surface area contributed by atoms with E-state index in [2.05, 4.69) is 75.2 Å². The first-order chi connectivity index (χ1) is 15.4. The number of hydrogen-bond donors (Lipinski definition) is 0. The third kappa shape index (κ3) is 1.98. The molecule has 8 rings (SSSR count). The minimum absolute atomic E-state index is 0.982. The Morgan fingerprint density at radius 1 is 0.677 bits per heavy atom. The van der Waals surface area contributed by atoms with Gasteiger partial charge in [-0.25, -0.2) is 4.98 Å². The van der Waals surface area contributed by atoms with E-state index in [-0.39, 0.29) is 0 Å². The molecule has 0 fully saturated rings. The Hall–Kier alpha value is -3.54. The lowest BCUT2D eigenvalue weighted by Crippen LogP contribution is -1.90. The maximum atomic E-state index is 4.65. The van der Waals surface area contributed by atoms with Crippen LogP contribution < -0.4 is 0 Å². The number of rotatable bonds is 0. The molecule has 0 aliphatic heterocycles. The second-order valence-electron chi connectivity index (χ2n) is 7.92. The molecule has 0 amide bonds. The normalized spacial score (nSPS) is 12.5. The van der Waals surface area contributed by atoms with Crippen molar-refractivity contribution in [2.75, 3.05) is 0 Å². The van der Waals surface area contributed by atoms with Gasteiger partial charge in [0.1, 0.15) is 5.65 Å². The van der Waals surface area contributed by atoms with Gasteiger partial charge in [0.05, 0.1) is 5.52 Å². The van der Waals surface area contributed by atoms with Gasteiger partial charge in [-0.2, -0.15) is 0 Å². The molecule has 5 aromatic heterocycles. The Labute approximate surface area is 183 Å². The summed E-state index contributed by atoms with van der Waals surface area (Å²) >= 11 is 3.78. The van der Waals surface area contributed by atoms with E-state index in [1.54, 1.807) is 0 Å². The summed E-state index contributed by atoms with van der Waals surface area (Å²) in [4.78, 5) is 9.06. The van der Waals surface area contributed by atoms with Crippen LogP contribution in [-0.2, 0) is 0 Å². The number of hydrogen-bond acceptors (Lipinski definition) is 4. The van der Waals surface area contributed by atoms with Crippen LogP contribution in [0.4, 0.5) is 0 Å². The quantitative estimate of drug-likeness (QED) is 0.230. The molecule has 5 heteroatoms. The molecule has 0 aliphatic carbocycles. The van der Waals surface area contributed by atoms with Crippen molar-refractivity contribution < 1.29 is 0 Å². The van der Waals surface area contributed by atoms with Crippen molar-refractivity contribution in [1.82, 2.24) is 14.4 Å². The topological polar surface area (TPSA) is 30.2 Å². The summed E-state index contributed by atoms with van der Waals surface area (Å²) in [5.41, 5.74) is 2.16. The number of aromatic nitrogens is 3. The van der Waals surface area contributed by atoms with Crippen LogP contribution in [0.15, 0.2) is 79.4 Å².